The van der Waals surface area contributed by atoms with E-state index in [0.717, 1.165) is 25.9 Å². The summed E-state index contributed by atoms with van der Waals surface area (Å²) in [5, 5.41) is 12.3. The first-order valence-corrected chi connectivity index (χ1v) is 10.5. The lowest BCUT2D eigenvalue weighted by Gasteiger charge is -2.34. The predicted molar refractivity (Wildman–Crippen MR) is 112 cm³/mol. The molecular formula is C21H33FN4O3. The molecule has 0 spiro atoms. The van der Waals surface area contributed by atoms with Gasteiger partial charge in [-0.15, -0.1) is 0 Å². The summed E-state index contributed by atoms with van der Waals surface area (Å²) in [5.74, 6) is 0.106. The number of carbonyl (C=O) groups excluding carboxylic acids is 1. The molecule has 2 N–H and O–H groups in total. The van der Waals surface area contributed by atoms with Crippen molar-refractivity contribution >= 4 is 17.4 Å². The summed E-state index contributed by atoms with van der Waals surface area (Å²) < 4.78 is 19.8. The van der Waals surface area contributed by atoms with Crippen molar-refractivity contribution in [3.8, 4) is 0 Å². The molecular weight excluding hydrogens is 375 g/mol. The van der Waals surface area contributed by atoms with Gasteiger partial charge in [0.25, 0.3) is 0 Å². The molecule has 1 aromatic carbocycles. The molecule has 7 nitrogen and oxygen atoms in total. The molecule has 0 radical (unpaired) electrons. The summed E-state index contributed by atoms with van der Waals surface area (Å²) in [7, 11) is 1.77. The molecule has 2 aliphatic rings. The van der Waals surface area contributed by atoms with Crippen LogP contribution in [0.2, 0.25) is 0 Å². The van der Waals surface area contributed by atoms with E-state index < -0.39 is 0 Å². The number of hydrogen-bond acceptors (Lipinski definition) is 5. The first-order chi connectivity index (χ1) is 13.9. The highest BCUT2D eigenvalue weighted by Crippen LogP contribution is 2.24. The number of likely N-dealkylation sites (tertiary alicyclic amines) is 1. The second-order valence-corrected chi connectivity index (χ2v) is 8.17. The zero-order valence-electron chi connectivity index (χ0n) is 17.4. The summed E-state index contributed by atoms with van der Waals surface area (Å²) in [5.41, 5.74) is 1.01. The van der Waals surface area contributed by atoms with E-state index in [1.54, 1.807) is 31.0 Å². The smallest absolute Gasteiger partial charge is 0.321 e. The van der Waals surface area contributed by atoms with Gasteiger partial charge in [0, 0.05) is 38.9 Å². The lowest BCUT2D eigenvalue weighted by atomic mass is 9.96. The van der Waals surface area contributed by atoms with Gasteiger partial charge in [-0.05, 0) is 57.0 Å². The van der Waals surface area contributed by atoms with Crippen LogP contribution >= 0.6 is 0 Å². The van der Waals surface area contributed by atoms with Crippen LogP contribution in [0.15, 0.2) is 18.2 Å². The number of ether oxygens (including phenoxy) is 1. The minimum atomic E-state index is -0.335. The fourth-order valence-corrected chi connectivity index (χ4v) is 4.06. The summed E-state index contributed by atoms with van der Waals surface area (Å²) in [4.78, 5) is 18.4. The Balaban J connectivity index is 1.47. The van der Waals surface area contributed by atoms with Crippen molar-refractivity contribution in [3.63, 3.8) is 0 Å². The fraction of sp³-hybridized carbons (Fsp3) is 0.667. The van der Waals surface area contributed by atoms with E-state index in [2.05, 4.69) is 10.2 Å². The summed E-state index contributed by atoms with van der Waals surface area (Å²) in [6.45, 7) is 7.60. The second kappa shape index (κ2) is 10.2. The number of piperidine rings is 1. The van der Waals surface area contributed by atoms with Crippen LogP contribution < -0.4 is 10.2 Å². The van der Waals surface area contributed by atoms with Crippen LogP contribution in [-0.2, 0) is 4.74 Å². The third-order valence-electron chi connectivity index (χ3n) is 5.66. The van der Waals surface area contributed by atoms with Crippen molar-refractivity contribution in [2.45, 2.75) is 25.9 Å². The molecule has 0 aliphatic carbocycles. The van der Waals surface area contributed by atoms with Crippen LogP contribution in [0.25, 0.3) is 0 Å². The average molecular weight is 409 g/mol. The van der Waals surface area contributed by atoms with Crippen molar-refractivity contribution in [1.29, 1.82) is 0 Å². The number of morpholine rings is 1. The van der Waals surface area contributed by atoms with E-state index in [-0.39, 0.29) is 18.0 Å². The number of hydrogen-bond donors (Lipinski definition) is 2. The molecule has 1 aromatic rings. The SMILES string of the molecule is C[C@H](O)CN1CCC(CN(C)C(=O)Nc2ccc(N3CCOCC3)c(F)c2)CC1. The number of halogens is 1. The maximum Gasteiger partial charge on any atom is 0.321 e. The quantitative estimate of drug-likeness (QED) is 0.756. The van der Waals surface area contributed by atoms with Gasteiger partial charge in [-0.1, -0.05) is 0 Å². The molecule has 0 unspecified atom stereocenters. The number of benzene rings is 1. The van der Waals surface area contributed by atoms with Crippen molar-refractivity contribution in [3.05, 3.63) is 24.0 Å². The van der Waals surface area contributed by atoms with Gasteiger partial charge < -0.3 is 29.9 Å². The first kappa shape index (κ1) is 21.8. The third kappa shape index (κ3) is 6.29. The third-order valence-corrected chi connectivity index (χ3v) is 5.66. The van der Waals surface area contributed by atoms with Crippen molar-refractivity contribution in [1.82, 2.24) is 9.80 Å². The number of nitrogens with one attached hydrogen (secondary N) is 1. The molecule has 3 rings (SSSR count). The number of aliphatic hydroxyl groups excluding tert-OH is 1. The van der Waals surface area contributed by atoms with Gasteiger partial charge in [0.1, 0.15) is 5.82 Å². The largest absolute Gasteiger partial charge is 0.392 e. The Morgan fingerprint density at radius 2 is 2.00 bits per heavy atom. The predicted octanol–water partition coefficient (Wildman–Crippen LogP) is 2.22. The summed E-state index contributed by atoms with van der Waals surface area (Å²) in [6, 6.07) is 4.61. The standard InChI is InChI=1S/C21H33FN4O3/c1-16(27)14-25-7-5-17(6-8-25)15-24(2)21(28)23-18-3-4-20(19(22)13-18)26-9-11-29-12-10-26/h3-4,13,16-17,27H,5-12,14-15H2,1-2H3,(H,23,28)/t16-/m0/s1. The molecule has 2 amide bonds. The molecule has 0 saturated carbocycles. The number of anilines is 2. The van der Waals surface area contributed by atoms with Gasteiger partial charge in [-0.2, -0.15) is 0 Å². The molecule has 1 atom stereocenters. The number of amides is 2. The molecule has 8 heteroatoms. The Kier molecular flexibility index (Phi) is 7.69. The molecule has 2 aliphatic heterocycles. The van der Waals surface area contributed by atoms with E-state index in [1.807, 2.05) is 4.90 Å². The Labute approximate surface area is 172 Å². The van der Waals surface area contributed by atoms with Gasteiger partial charge in [0.2, 0.25) is 0 Å². The Hall–Kier alpha value is -1.90. The zero-order valence-corrected chi connectivity index (χ0v) is 17.4. The lowest BCUT2D eigenvalue weighted by Crippen LogP contribution is -2.42. The summed E-state index contributed by atoms with van der Waals surface area (Å²) >= 11 is 0. The number of rotatable bonds is 6. The number of urea groups is 1. The summed E-state index contributed by atoms with van der Waals surface area (Å²) in [6.07, 6.45) is 1.70. The van der Waals surface area contributed by atoms with Crippen LogP contribution in [0.5, 0.6) is 0 Å². The van der Waals surface area contributed by atoms with E-state index in [0.29, 0.717) is 56.7 Å². The van der Waals surface area contributed by atoms with Crippen LogP contribution in [0.4, 0.5) is 20.6 Å². The van der Waals surface area contributed by atoms with Crippen LogP contribution in [0.1, 0.15) is 19.8 Å². The molecule has 0 bridgehead atoms. The second-order valence-electron chi connectivity index (χ2n) is 8.17. The molecule has 0 aromatic heterocycles. The van der Waals surface area contributed by atoms with Gasteiger partial charge in [0.05, 0.1) is 25.0 Å². The highest BCUT2D eigenvalue weighted by molar-refractivity contribution is 5.89. The van der Waals surface area contributed by atoms with Gasteiger partial charge in [0.15, 0.2) is 0 Å². The number of carbonyl (C=O) groups is 1. The Morgan fingerprint density at radius 3 is 2.62 bits per heavy atom. The van der Waals surface area contributed by atoms with E-state index in [9.17, 15) is 14.3 Å². The van der Waals surface area contributed by atoms with Crippen molar-refractivity contribution < 1.29 is 19.0 Å². The topological polar surface area (TPSA) is 68.3 Å². The molecule has 2 fully saturated rings. The first-order valence-electron chi connectivity index (χ1n) is 10.5. The lowest BCUT2D eigenvalue weighted by molar-refractivity contribution is 0.0951. The van der Waals surface area contributed by atoms with E-state index in [1.165, 1.54) is 6.07 Å². The number of β-amino-alcohol motifs (C(OH)–C–C–N with tert-alkyl or cyclic N) is 1. The van der Waals surface area contributed by atoms with Gasteiger partial charge in [-0.25, -0.2) is 9.18 Å². The van der Waals surface area contributed by atoms with Crippen LogP contribution in [0, 0.1) is 11.7 Å². The van der Waals surface area contributed by atoms with E-state index in [4.69, 9.17) is 4.74 Å². The Bertz CT molecular complexity index is 674. The van der Waals surface area contributed by atoms with Crippen LogP contribution in [-0.4, -0.2) is 86.6 Å². The molecule has 2 saturated heterocycles. The van der Waals surface area contributed by atoms with E-state index >= 15 is 0 Å². The average Bonchev–Trinajstić information content (AvgIpc) is 2.70. The molecule has 162 valence electrons. The number of aliphatic hydroxyl groups is 1. The maximum atomic E-state index is 14.5. The highest BCUT2D eigenvalue weighted by atomic mass is 19.1. The number of nitrogens with zero attached hydrogens (tertiary/aromatic N) is 3. The normalized spacial score (nSPS) is 19.8. The van der Waals surface area contributed by atoms with Crippen LogP contribution in [0.3, 0.4) is 0 Å². The highest BCUT2D eigenvalue weighted by Gasteiger charge is 2.23. The maximum absolute atomic E-state index is 14.5. The minimum Gasteiger partial charge on any atom is -0.392 e. The van der Waals surface area contributed by atoms with Crippen molar-refractivity contribution in [2.75, 3.05) is 69.7 Å². The van der Waals surface area contributed by atoms with Gasteiger partial charge in [-0.3, -0.25) is 0 Å². The fourth-order valence-electron chi connectivity index (χ4n) is 4.06. The molecule has 2 heterocycles. The zero-order chi connectivity index (χ0) is 20.8. The minimum absolute atomic E-state index is 0.227. The monoisotopic (exact) mass is 408 g/mol. The Morgan fingerprint density at radius 1 is 1.31 bits per heavy atom. The molecule has 29 heavy (non-hydrogen) atoms. The van der Waals surface area contributed by atoms with Crippen molar-refractivity contribution in [2.24, 2.45) is 5.92 Å². The van der Waals surface area contributed by atoms with Gasteiger partial charge >= 0.3 is 6.03 Å².